The summed E-state index contributed by atoms with van der Waals surface area (Å²) in [4.78, 5) is 0. The maximum absolute atomic E-state index is 6.42. The van der Waals surface area contributed by atoms with Crippen LogP contribution < -0.4 is 0 Å². The average molecular weight is 367 g/mol. The predicted octanol–water partition coefficient (Wildman–Crippen LogP) is 4.33. The van der Waals surface area contributed by atoms with Crippen LogP contribution >= 0.6 is 0 Å². The molecular formula is C15H38O4Si3. The summed E-state index contributed by atoms with van der Waals surface area (Å²) in [7, 11) is -5.90. The van der Waals surface area contributed by atoms with Gasteiger partial charge in [0, 0.05) is 23.5 Å². The Morgan fingerprint density at radius 3 is 1.23 bits per heavy atom. The molecule has 0 heterocycles. The summed E-state index contributed by atoms with van der Waals surface area (Å²) in [6, 6.07) is 0. The van der Waals surface area contributed by atoms with Crippen molar-refractivity contribution < 1.29 is 17.4 Å². The third-order valence-electron chi connectivity index (χ3n) is 3.31. The molecular weight excluding hydrogens is 328 g/mol. The second-order valence-electron chi connectivity index (χ2n) is 7.60. The van der Waals surface area contributed by atoms with Crippen molar-refractivity contribution in [2.75, 3.05) is 0 Å². The topological polar surface area (TPSA) is 36.9 Å². The molecule has 0 aliphatic heterocycles. The summed E-state index contributed by atoms with van der Waals surface area (Å²) in [5.74, 6) is 0. The third kappa shape index (κ3) is 7.37. The fourth-order valence-electron chi connectivity index (χ4n) is 2.51. The molecule has 0 saturated carbocycles. The van der Waals surface area contributed by atoms with Crippen LogP contribution in [0.2, 0.25) is 31.4 Å². The molecule has 0 rings (SSSR count). The van der Waals surface area contributed by atoms with E-state index in [1.165, 1.54) is 0 Å². The van der Waals surface area contributed by atoms with Crippen molar-refractivity contribution >= 4 is 26.2 Å². The van der Waals surface area contributed by atoms with Gasteiger partial charge in [-0.05, 0) is 67.7 Å². The molecule has 0 bridgehead atoms. The molecule has 134 valence electrons. The first kappa shape index (κ1) is 22.5. The van der Waals surface area contributed by atoms with E-state index >= 15 is 0 Å². The maximum atomic E-state index is 6.42. The van der Waals surface area contributed by atoms with Crippen LogP contribution in [-0.2, 0) is 17.4 Å². The first-order chi connectivity index (χ1) is 9.82. The van der Waals surface area contributed by atoms with E-state index in [9.17, 15) is 0 Å². The summed E-state index contributed by atoms with van der Waals surface area (Å²) in [6.45, 7) is 23.5. The lowest BCUT2D eigenvalue weighted by molar-refractivity contribution is 0.000286. The molecule has 7 heteroatoms. The van der Waals surface area contributed by atoms with Gasteiger partial charge >= 0.3 is 8.80 Å². The van der Waals surface area contributed by atoms with Crippen LogP contribution in [0.15, 0.2) is 0 Å². The number of rotatable bonds is 10. The molecule has 0 radical (unpaired) electrons. The summed E-state index contributed by atoms with van der Waals surface area (Å²) in [5, 5.41) is 0.196. The Morgan fingerprint density at radius 2 is 1.00 bits per heavy atom. The van der Waals surface area contributed by atoms with Crippen molar-refractivity contribution in [3.63, 3.8) is 0 Å². The van der Waals surface area contributed by atoms with Crippen LogP contribution in [0.4, 0.5) is 0 Å². The summed E-state index contributed by atoms with van der Waals surface area (Å²) in [6.07, 6.45) is 0.230. The minimum absolute atomic E-state index is 0.0766. The Balaban J connectivity index is 5.66. The van der Waals surface area contributed by atoms with Gasteiger partial charge in [-0.2, -0.15) is 0 Å². The zero-order valence-corrected chi connectivity index (χ0v) is 19.7. The Labute approximate surface area is 142 Å². The zero-order valence-electron chi connectivity index (χ0n) is 16.5. The van der Waals surface area contributed by atoms with Crippen molar-refractivity contribution in [2.24, 2.45) is 0 Å². The molecule has 22 heavy (non-hydrogen) atoms. The first-order valence-corrected chi connectivity index (χ1v) is 16.1. The minimum atomic E-state index is -2.83. The molecule has 0 N–H and O–H groups in total. The highest BCUT2D eigenvalue weighted by atomic mass is 28.5. The molecule has 0 aliphatic rings. The Hall–Kier alpha value is 0.491. The van der Waals surface area contributed by atoms with E-state index in [1.807, 2.05) is 0 Å². The number of hydrogen-bond donors (Lipinski definition) is 0. The molecule has 0 aromatic heterocycles. The lowest BCUT2D eigenvalue weighted by Gasteiger charge is -2.44. The molecule has 0 amide bonds. The van der Waals surface area contributed by atoms with Gasteiger partial charge in [-0.1, -0.05) is 6.92 Å². The van der Waals surface area contributed by atoms with E-state index in [-0.39, 0.29) is 23.5 Å². The van der Waals surface area contributed by atoms with Gasteiger partial charge in [-0.3, -0.25) is 0 Å². The smallest absolute Gasteiger partial charge is 0.458 e. The van der Waals surface area contributed by atoms with E-state index in [0.29, 0.717) is 0 Å². The van der Waals surface area contributed by atoms with Gasteiger partial charge in [-0.15, -0.1) is 0 Å². The highest BCUT2D eigenvalue weighted by Crippen LogP contribution is 2.37. The monoisotopic (exact) mass is 366 g/mol. The summed E-state index contributed by atoms with van der Waals surface area (Å²) >= 11 is 0. The molecule has 4 nitrogen and oxygen atoms in total. The average Bonchev–Trinajstić information content (AvgIpc) is 2.22. The van der Waals surface area contributed by atoms with Gasteiger partial charge < -0.3 is 17.4 Å². The molecule has 0 fully saturated rings. The van der Waals surface area contributed by atoms with Gasteiger partial charge in [0.15, 0.2) is 17.4 Å². The van der Waals surface area contributed by atoms with Crippen LogP contribution in [0.25, 0.3) is 0 Å². The molecule has 1 unspecified atom stereocenters. The van der Waals surface area contributed by atoms with E-state index in [2.05, 4.69) is 74.7 Å². The predicted molar refractivity (Wildman–Crippen MR) is 101 cm³/mol. The van der Waals surface area contributed by atoms with E-state index in [0.717, 1.165) is 0 Å². The highest BCUT2D eigenvalue weighted by molar-refractivity contribution is 6.90. The Kier molecular flexibility index (Phi) is 9.30. The van der Waals surface area contributed by atoms with Crippen LogP contribution in [0.3, 0.4) is 0 Å². The molecule has 0 aromatic carbocycles. The van der Waals surface area contributed by atoms with Gasteiger partial charge in [0.2, 0.25) is 0 Å². The van der Waals surface area contributed by atoms with Gasteiger partial charge in [-0.25, -0.2) is 0 Å². The molecule has 0 aromatic rings. The largest absolute Gasteiger partial charge is 0.504 e. The molecule has 0 spiro atoms. The maximum Gasteiger partial charge on any atom is 0.504 e. The third-order valence-corrected chi connectivity index (χ3v) is 16.3. The van der Waals surface area contributed by atoms with Crippen LogP contribution in [0, 0.1) is 0 Å². The molecule has 1 atom stereocenters. The fourth-order valence-corrected chi connectivity index (χ4v) is 15.6. The van der Waals surface area contributed by atoms with Gasteiger partial charge in [0.05, 0.1) is 0 Å². The van der Waals surface area contributed by atoms with Crippen LogP contribution in [-0.4, -0.2) is 44.5 Å². The van der Waals surface area contributed by atoms with E-state index in [4.69, 9.17) is 17.4 Å². The van der Waals surface area contributed by atoms with Crippen molar-refractivity contribution in [1.29, 1.82) is 0 Å². The summed E-state index contributed by atoms with van der Waals surface area (Å²) in [5.41, 5.74) is 0. The van der Waals surface area contributed by atoms with Crippen LogP contribution in [0.1, 0.15) is 48.5 Å². The standard InChI is InChI=1S/C15H38O4Si3/c1-12(2)16-22(17-13(3)4,18-14(5)6)15(7)21(10,11)19-20(8)9/h12-15,20H,1-11H3. The van der Waals surface area contributed by atoms with E-state index < -0.39 is 26.2 Å². The Bertz CT molecular complexity index is 293. The second kappa shape index (κ2) is 9.10. The normalized spacial score (nSPS) is 15.4. The summed E-state index contributed by atoms with van der Waals surface area (Å²) < 4.78 is 25.5. The highest BCUT2D eigenvalue weighted by Gasteiger charge is 2.57. The van der Waals surface area contributed by atoms with Crippen molar-refractivity contribution in [3.05, 3.63) is 0 Å². The van der Waals surface area contributed by atoms with Crippen LogP contribution in [0.5, 0.6) is 0 Å². The van der Waals surface area contributed by atoms with Crippen molar-refractivity contribution in [2.45, 2.75) is 98.1 Å². The fraction of sp³-hybridized carbons (Fsp3) is 1.00. The van der Waals surface area contributed by atoms with Crippen molar-refractivity contribution in [1.82, 2.24) is 0 Å². The number of hydrogen-bond acceptors (Lipinski definition) is 4. The SMILES string of the molecule is CC(C)O[Si](OC(C)C)(OC(C)C)C(C)[Si](C)(C)O[SiH](C)C. The second-order valence-corrected chi connectivity index (χ2v) is 18.1. The zero-order chi connectivity index (χ0) is 17.7. The van der Waals surface area contributed by atoms with E-state index in [1.54, 1.807) is 0 Å². The Morgan fingerprint density at radius 1 is 0.682 bits per heavy atom. The quantitative estimate of drug-likeness (QED) is 0.539. The lowest BCUT2D eigenvalue weighted by atomic mass is 10.5. The first-order valence-electron chi connectivity index (χ1n) is 8.53. The molecule has 0 aliphatic carbocycles. The lowest BCUT2D eigenvalue weighted by Crippen LogP contribution is -2.61. The molecule has 0 saturated heterocycles. The minimum Gasteiger partial charge on any atom is -0.458 e. The van der Waals surface area contributed by atoms with Crippen molar-refractivity contribution in [3.8, 4) is 0 Å². The van der Waals surface area contributed by atoms with Gasteiger partial charge in [0.1, 0.15) is 0 Å². The van der Waals surface area contributed by atoms with Gasteiger partial charge in [0.25, 0.3) is 0 Å².